The minimum Gasteiger partial charge on any atom is -0.310 e. The zero-order valence-corrected chi connectivity index (χ0v) is 26.4. The molecule has 0 unspecified atom stereocenters. The highest BCUT2D eigenvalue weighted by atomic mass is 15.1. The van der Waals surface area contributed by atoms with Gasteiger partial charge in [-0.1, -0.05) is 140 Å². The highest BCUT2D eigenvalue weighted by molar-refractivity contribution is 6.19. The van der Waals surface area contributed by atoms with Crippen molar-refractivity contribution in [3.63, 3.8) is 0 Å². The molecule has 0 N–H and O–H groups in total. The molecule has 0 aliphatic carbocycles. The number of fused-ring (bicyclic) bond motifs is 5. The van der Waals surface area contributed by atoms with Gasteiger partial charge in [0, 0.05) is 38.9 Å². The van der Waals surface area contributed by atoms with Crippen LogP contribution in [0.3, 0.4) is 0 Å². The van der Waals surface area contributed by atoms with Gasteiger partial charge in [-0.25, -0.2) is 0 Å². The van der Waals surface area contributed by atoms with E-state index in [-0.39, 0.29) is 0 Å². The minimum atomic E-state index is 1.11. The first-order valence-corrected chi connectivity index (χ1v) is 16.4. The third-order valence-corrected chi connectivity index (χ3v) is 9.37. The van der Waals surface area contributed by atoms with Crippen molar-refractivity contribution in [2.45, 2.75) is 0 Å². The van der Waals surface area contributed by atoms with Crippen molar-refractivity contribution in [3.8, 4) is 27.9 Å². The second-order valence-electron chi connectivity index (χ2n) is 12.2. The van der Waals surface area contributed by atoms with E-state index in [2.05, 4.69) is 204 Å². The smallest absolute Gasteiger partial charge is 0.0620 e. The van der Waals surface area contributed by atoms with Crippen LogP contribution < -0.4 is 4.90 Å². The molecule has 2 heteroatoms. The van der Waals surface area contributed by atoms with Crippen LogP contribution in [0.1, 0.15) is 0 Å². The van der Waals surface area contributed by atoms with Crippen molar-refractivity contribution in [1.82, 2.24) is 4.57 Å². The summed E-state index contributed by atoms with van der Waals surface area (Å²) >= 11 is 0. The number of nitrogens with zero attached hydrogens (tertiary/aromatic N) is 2. The number of para-hydroxylation sites is 2. The Kier molecular flexibility index (Phi) is 6.84. The van der Waals surface area contributed by atoms with E-state index < -0.39 is 0 Å². The number of benzene rings is 8. The maximum absolute atomic E-state index is 2.42. The van der Waals surface area contributed by atoms with E-state index in [1.165, 1.54) is 54.8 Å². The summed E-state index contributed by atoms with van der Waals surface area (Å²) in [7, 11) is 0. The Balaban J connectivity index is 1.25. The van der Waals surface area contributed by atoms with Gasteiger partial charge in [0.05, 0.1) is 11.0 Å². The monoisotopic (exact) mass is 612 g/mol. The van der Waals surface area contributed by atoms with Crippen LogP contribution in [0.2, 0.25) is 0 Å². The number of rotatable bonds is 6. The van der Waals surface area contributed by atoms with E-state index in [0.717, 1.165) is 22.7 Å². The quantitative estimate of drug-likeness (QED) is 0.181. The highest BCUT2D eigenvalue weighted by Gasteiger charge is 2.18. The molecule has 0 radical (unpaired) electrons. The van der Waals surface area contributed by atoms with Crippen LogP contribution in [0.5, 0.6) is 0 Å². The Bertz CT molecular complexity index is 2430. The van der Waals surface area contributed by atoms with Crippen LogP contribution in [0.25, 0.3) is 60.5 Å². The van der Waals surface area contributed by atoms with Gasteiger partial charge in [-0.2, -0.15) is 0 Å². The Morgan fingerprint density at radius 1 is 0.333 bits per heavy atom. The Labute approximate surface area is 280 Å². The van der Waals surface area contributed by atoms with Crippen LogP contribution in [-0.4, -0.2) is 4.57 Å². The predicted octanol–water partition coefficient (Wildman–Crippen LogP) is 12.7. The normalized spacial score (nSPS) is 11.3. The summed E-state index contributed by atoms with van der Waals surface area (Å²) in [4.78, 5) is 2.37. The lowest BCUT2D eigenvalue weighted by Gasteiger charge is -2.26. The molecule has 9 rings (SSSR count). The summed E-state index contributed by atoms with van der Waals surface area (Å²) in [6.45, 7) is 0. The van der Waals surface area contributed by atoms with E-state index >= 15 is 0 Å². The topological polar surface area (TPSA) is 8.17 Å². The average molecular weight is 613 g/mol. The number of anilines is 3. The molecule has 1 aromatic heterocycles. The van der Waals surface area contributed by atoms with Crippen LogP contribution in [0.15, 0.2) is 194 Å². The molecule has 8 aromatic carbocycles. The zero-order valence-electron chi connectivity index (χ0n) is 26.4. The zero-order chi connectivity index (χ0) is 31.9. The largest absolute Gasteiger partial charge is 0.310 e. The van der Waals surface area contributed by atoms with Gasteiger partial charge in [0.15, 0.2) is 0 Å². The van der Waals surface area contributed by atoms with Gasteiger partial charge in [0.1, 0.15) is 0 Å². The van der Waals surface area contributed by atoms with E-state index in [9.17, 15) is 0 Å². The van der Waals surface area contributed by atoms with Gasteiger partial charge in [-0.3, -0.25) is 0 Å². The maximum Gasteiger partial charge on any atom is 0.0620 e. The maximum atomic E-state index is 2.42. The molecule has 0 saturated carbocycles. The van der Waals surface area contributed by atoms with Crippen LogP contribution in [0, 0.1) is 0 Å². The first-order chi connectivity index (χ1) is 23.8. The fourth-order valence-electron chi connectivity index (χ4n) is 7.07. The summed E-state index contributed by atoms with van der Waals surface area (Å²) < 4.78 is 2.42. The molecule has 1 heterocycles. The summed E-state index contributed by atoms with van der Waals surface area (Å²) in [5.74, 6) is 0. The second-order valence-corrected chi connectivity index (χ2v) is 12.2. The summed E-state index contributed by atoms with van der Waals surface area (Å²) in [6.07, 6.45) is 0. The second kappa shape index (κ2) is 11.8. The first-order valence-electron chi connectivity index (χ1n) is 16.4. The lowest BCUT2D eigenvalue weighted by molar-refractivity contribution is 1.19. The Morgan fingerprint density at radius 3 is 1.42 bits per heavy atom. The fraction of sp³-hybridized carbons (Fsp3) is 0. The lowest BCUT2D eigenvalue weighted by Crippen LogP contribution is -2.10. The van der Waals surface area contributed by atoms with Crippen LogP contribution in [-0.2, 0) is 0 Å². The molecule has 48 heavy (non-hydrogen) atoms. The Hall–Kier alpha value is -6.38. The molecule has 0 aliphatic heterocycles. The molecular weight excluding hydrogens is 581 g/mol. The van der Waals surface area contributed by atoms with Crippen molar-refractivity contribution < 1.29 is 0 Å². The van der Waals surface area contributed by atoms with Gasteiger partial charge in [0.2, 0.25) is 0 Å². The summed E-state index contributed by atoms with van der Waals surface area (Å²) in [5, 5.41) is 4.94. The molecule has 0 bridgehead atoms. The van der Waals surface area contributed by atoms with Gasteiger partial charge in [-0.15, -0.1) is 0 Å². The van der Waals surface area contributed by atoms with Gasteiger partial charge < -0.3 is 9.47 Å². The number of hydrogen-bond donors (Lipinski definition) is 0. The molecule has 0 fully saturated rings. The number of aromatic nitrogens is 1. The van der Waals surface area contributed by atoms with E-state index in [0.29, 0.717) is 0 Å². The van der Waals surface area contributed by atoms with Gasteiger partial charge in [-0.05, 0) is 82.2 Å². The summed E-state index contributed by atoms with van der Waals surface area (Å²) in [5.41, 5.74) is 11.7. The molecule has 9 aromatic rings. The molecule has 0 saturated heterocycles. The SMILES string of the molecule is c1ccc(-c2ccc(N(c3ccc(-c4ccccc4)cc3)c3ccc4ccc5c6ccccc6n(-c6ccccc6)c5c4c3)cc2)cc1. The third kappa shape index (κ3) is 4.83. The fourth-order valence-corrected chi connectivity index (χ4v) is 7.07. The van der Waals surface area contributed by atoms with E-state index in [4.69, 9.17) is 0 Å². The molecule has 0 atom stereocenters. The molecule has 2 nitrogen and oxygen atoms in total. The lowest BCUT2D eigenvalue weighted by atomic mass is 10.0. The van der Waals surface area contributed by atoms with E-state index in [1.807, 2.05) is 0 Å². The summed E-state index contributed by atoms with van der Waals surface area (Å²) in [6, 6.07) is 69.8. The van der Waals surface area contributed by atoms with Gasteiger partial charge >= 0.3 is 0 Å². The third-order valence-electron chi connectivity index (χ3n) is 9.37. The van der Waals surface area contributed by atoms with Gasteiger partial charge in [0.25, 0.3) is 0 Å². The highest BCUT2D eigenvalue weighted by Crippen LogP contribution is 2.41. The van der Waals surface area contributed by atoms with Crippen LogP contribution >= 0.6 is 0 Å². The number of hydrogen-bond acceptors (Lipinski definition) is 1. The van der Waals surface area contributed by atoms with E-state index in [1.54, 1.807) is 0 Å². The van der Waals surface area contributed by atoms with Crippen LogP contribution in [0.4, 0.5) is 17.1 Å². The molecular formula is C46H32N2. The molecule has 0 amide bonds. The van der Waals surface area contributed by atoms with Crippen molar-refractivity contribution >= 4 is 49.6 Å². The van der Waals surface area contributed by atoms with Crippen molar-refractivity contribution in [2.24, 2.45) is 0 Å². The first kappa shape index (κ1) is 27.9. The minimum absolute atomic E-state index is 1.11. The standard InChI is InChI=1S/C46H32N2/c1-4-12-33(13-5-1)35-20-26-39(27-21-35)47(40-28-22-36(23-29-40)34-14-6-2-7-15-34)41-30-24-37-25-31-43-42-18-10-11-19-45(42)48(46(43)44(37)32-41)38-16-8-3-9-17-38/h1-32H. The Morgan fingerprint density at radius 2 is 0.812 bits per heavy atom. The predicted molar refractivity (Wildman–Crippen MR) is 204 cm³/mol. The van der Waals surface area contributed by atoms with Crippen molar-refractivity contribution in [2.75, 3.05) is 4.90 Å². The molecule has 0 spiro atoms. The average Bonchev–Trinajstić information content (AvgIpc) is 3.52. The molecule has 0 aliphatic rings. The molecule has 226 valence electrons. The van der Waals surface area contributed by atoms with Crippen molar-refractivity contribution in [3.05, 3.63) is 194 Å². The van der Waals surface area contributed by atoms with Crippen molar-refractivity contribution in [1.29, 1.82) is 0 Å².